The van der Waals surface area contributed by atoms with E-state index in [0.29, 0.717) is 23.9 Å². The predicted molar refractivity (Wildman–Crippen MR) is 174 cm³/mol. The highest BCUT2D eigenvalue weighted by atomic mass is 19.1. The molecule has 3 unspecified atom stereocenters. The Morgan fingerprint density at radius 2 is 1.69 bits per heavy atom. The first kappa shape index (κ1) is 32.0. The van der Waals surface area contributed by atoms with Gasteiger partial charge in [0.05, 0.1) is 24.8 Å². The summed E-state index contributed by atoms with van der Waals surface area (Å²) in [6.45, 7) is 10.00. The first-order valence-corrected chi connectivity index (χ1v) is 15.6. The minimum absolute atomic E-state index is 0.0768. The molecular weight excluding hydrogens is 569 g/mol. The zero-order valence-corrected chi connectivity index (χ0v) is 26.9. The van der Waals surface area contributed by atoms with Gasteiger partial charge in [0.1, 0.15) is 17.2 Å². The van der Waals surface area contributed by atoms with Crippen LogP contribution in [0.2, 0.25) is 0 Å². The molecule has 6 nitrogen and oxygen atoms in total. The minimum atomic E-state index is -0.662. The van der Waals surface area contributed by atoms with Gasteiger partial charge in [-0.3, -0.25) is 0 Å². The van der Waals surface area contributed by atoms with Crippen molar-refractivity contribution < 1.29 is 28.2 Å². The summed E-state index contributed by atoms with van der Waals surface area (Å²) in [7, 11) is 1.39. The van der Waals surface area contributed by atoms with E-state index in [-0.39, 0.29) is 29.9 Å². The number of hydrogen-bond donors (Lipinski definition) is 0. The Hall–Kier alpha value is -4.39. The van der Waals surface area contributed by atoms with Crippen molar-refractivity contribution in [3.63, 3.8) is 0 Å². The molecule has 7 heteroatoms. The summed E-state index contributed by atoms with van der Waals surface area (Å²) in [5.74, 6) is 0.306. The van der Waals surface area contributed by atoms with E-state index < -0.39 is 11.7 Å². The number of amides is 1. The molecule has 236 valence electrons. The maximum atomic E-state index is 14.6. The van der Waals surface area contributed by atoms with Crippen molar-refractivity contribution in [1.82, 2.24) is 4.90 Å². The third-order valence-corrected chi connectivity index (χ3v) is 8.53. The van der Waals surface area contributed by atoms with Crippen molar-refractivity contribution in [3.05, 3.63) is 112 Å². The molecule has 1 heterocycles. The van der Waals surface area contributed by atoms with Crippen molar-refractivity contribution >= 4 is 22.8 Å². The molecule has 4 aromatic carbocycles. The number of ether oxygens (including phenoxy) is 3. The van der Waals surface area contributed by atoms with Gasteiger partial charge in [-0.15, -0.1) is 0 Å². The molecule has 0 aromatic heterocycles. The molecule has 5 rings (SSSR count). The molecule has 0 saturated heterocycles. The van der Waals surface area contributed by atoms with Gasteiger partial charge in [0.2, 0.25) is 0 Å². The van der Waals surface area contributed by atoms with Crippen molar-refractivity contribution in [2.24, 2.45) is 0 Å². The maximum Gasteiger partial charge on any atom is 0.410 e. The van der Waals surface area contributed by atoms with Gasteiger partial charge in [-0.1, -0.05) is 54.6 Å². The van der Waals surface area contributed by atoms with Gasteiger partial charge in [-0.25, -0.2) is 14.0 Å². The molecule has 1 aliphatic heterocycles. The van der Waals surface area contributed by atoms with E-state index in [1.165, 1.54) is 13.2 Å². The Morgan fingerprint density at radius 1 is 0.978 bits per heavy atom. The Labute approximate surface area is 265 Å². The SMILES string of the molecule is COC(=O)c1ccc(C2CC(CCCN(C(=O)OC(C)(C)C)C(C)c3ccc(F)c4ccccc34)Oc3ccccc32)c(C)c1. The van der Waals surface area contributed by atoms with E-state index in [2.05, 4.69) is 6.07 Å². The van der Waals surface area contributed by atoms with Crippen molar-refractivity contribution in [2.75, 3.05) is 13.7 Å². The number of carbonyl (C=O) groups is 2. The summed E-state index contributed by atoms with van der Waals surface area (Å²) in [6.07, 6.45) is 1.69. The standard InChI is InChI=1S/C38H42FNO5/c1-24-22-26(36(41)43-6)17-18-28(24)33-23-27(44-35-16-10-9-15-32(33)35)12-11-21-40(37(42)45-38(3,4)5)25(2)29-19-20-34(39)31-14-8-7-13-30(29)31/h7-10,13-20,22,25,27,33H,11-12,21,23H2,1-6H3. The second-order valence-electron chi connectivity index (χ2n) is 12.8. The molecule has 3 atom stereocenters. The lowest BCUT2D eigenvalue weighted by atomic mass is 9.81. The van der Waals surface area contributed by atoms with Gasteiger partial charge in [-0.2, -0.15) is 0 Å². The van der Waals surface area contributed by atoms with Gasteiger partial charge in [0.25, 0.3) is 0 Å². The van der Waals surface area contributed by atoms with E-state index in [9.17, 15) is 14.0 Å². The lowest BCUT2D eigenvalue weighted by Gasteiger charge is -2.35. The Morgan fingerprint density at radius 3 is 2.40 bits per heavy atom. The van der Waals surface area contributed by atoms with Gasteiger partial charge in [0, 0.05) is 23.4 Å². The second-order valence-corrected chi connectivity index (χ2v) is 12.8. The fourth-order valence-electron chi connectivity index (χ4n) is 6.35. The first-order chi connectivity index (χ1) is 21.5. The fraction of sp³-hybridized carbons (Fsp3) is 0.368. The number of nitrogens with zero attached hydrogens (tertiary/aromatic N) is 1. The lowest BCUT2D eigenvalue weighted by molar-refractivity contribution is 0.0162. The molecule has 0 N–H and O–H groups in total. The number of methoxy groups -OCH3 is 1. The van der Waals surface area contributed by atoms with E-state index in [1.807, 2.05) is 89.2 Å². The molecule has 0 saturated carbocycles. The van der Waals surface area contributed by atoms with Crippen LogP contribution >= 0.6 is 0 Å². The van der Waals surface area contributed by atoms with Crippen molar-refractivity contribution in [1.29, 1.82) is 0 Å². The molecule has 4 aromatic rings. The predicted octanol–water partition coefficient (Wildman–Crippen LogP) is 9.14. The van der Waals surface area contributed by atoms with Gasteiger partial charge >= 0.3 is 12.1 Å². The summed E-state index contributed by atoms with van der Waals surface area (Å²) in [6, 6.07) is 24.1. The van der Waals surface area contributed by atoms with Crippen LogP contribution in [0.5, 0.6) is 5.75 Å². The van der Waals surface area contributed by atoms with Gasteiger partial charge in [0.15, 0.2) is 0 Å². The number of esters is 1. The normalized spacial score (nSPS) is 16.8. The minimum Gasteiger partial charge on any atom is -0.490 e. The molecular formula is C38H42FNO5. The highest BCUT2D eigenvalue weighted by molar-refractivity contribution is 5.89. The third-order valence-electron chi connectivity index (χ3n) is 8.53. The summed E-state index contributed by atoms with van der Waals surface area (Å²) in [4.78, 5) is 27.4. The number of fused-ring (bicyclic) bond motifs is 2. The summed E-state index contributed by atoms with van der Waals surface area (Å²) in [5, 5.41) is 1.31. The van der Waals surface area contributed by atoms with Crippen molar-refractivity contribution in [3.8, 4) is 5.75 Å². The van der Waals surface area contributed by atoms with Crippen LogP contribution in [0.25, 0.3) is 10.8 Å². The van der Waals surface area contributed by atoms with E-state index in [0.717, 1.165) is 46.2 Å². The van der Waals surface area contributed by atoms with Crippen LogP contribution < -0.4 is 4.74 Å². The maximum absolute atomic E-state index is 14.6. The largest absolute Gasteiger partial charge is 0.490 e. The van der Waals surface area contributed by atoms with Crippen LogP contribution in [0.1, 0.15) is 91.5 Å². The Balaban J connectivity index is 1.37. The average Bonchev–Trinajstić information content (AvgIpc) is 3.01. The average molecular weight is 612 g/mol. The highest BCUT2D eigenvalue weighted by Gasteiger charge is 2.32. The summed E-state index contributed by atoms with van der Waals surface area (Å²) < 4.78 is 31.9. The second kappa shape index (κ2) is 13.3. The van der Waals surface area contributed by atoms with Crippen LogP contribution in [0.3, 0.4) is 0 Å². The molecule has 1 aliphatic rings. The molecule has 0 bridgehead atoms. The topological polar surface area (TPSA) is 65.1 Å². The number of halogens is 1. The zero-order valence-electron chi connectivity index (χ0n) is 26.9. The fourth-order valence-corrected chi connectivity index (χ4v) is 6.35. The third kappa shape index (κ3) is 7.14. The van der Waals surface area contributed by atoms with Crippen LogP contribution in [0.4, 0.5) is 9.18 Å². The summed E-state index contributed by atoms with van der Waals surface area (Å²) >= 11 is 0. The zero-order chi connectivity index (χ0) is 32.3. The van der Waals surface area contributed by atoms with E-state index in [4.69, 9.17) is 14.2 Å². The molecule has 0 spiro atoms. The number of rotatable bonds is 8. The van der Waals surface area contributed by atoms with E-state index >= 15 is 0 Å². The first-order valence-electron chi connectivity index (χ1n) is 15.6. The number of aryl methyl sites for hydroxylation is 1. The summed E-state index contributed by atoms with van der Waals surface area (Å²) in [5.41, 5.74) is 4.03. The van der Waals surface area contributed by atoms with Crippen molar-refractivity contribution in [2.45, 2.75) is 77.5 Å². The molecule has 0 aliphatic carbocycles. The van der Waals surface area contributed by atoms with Crippen LogP contribution in [0.15, 0.2) is 78.9 Å². The molecule has 45 heavy (non-hydrogen) atoms. The number of benzene rings is 4. The lowest BCUT2D eigenvalue weighted by Crippen LogP contribution is -2.39. The quantitative estimate of drug-likeness (QED) is 0.186. The highest BCUT2D eigenvalue weighted by Crippen LogP contribution is 2.42. The number of para-hydroxylation sites is 1. The number of hydrogen-bond acceptors (Lipinski definition) is 5. The van der Waals surface area contributed by atoms with Gasteiger partial charge in [-0.05, 0) is 100 Å². The monoisotopic (exact) mass is 611 g/mol. The van der Waals surface area contributed by atoms with Crippen LogP contribution in [-0.4, -0.2) is 42.3 Å². The number of carbonyl (C=O) groups excluding carboxylic acids is 2. The molecule has 0 fully saturated rings. The molecule has 1 amide bonds. The van der Waals surface area contributed by atoms with Crippen LogP contribution in [0, 0.1) is 12.7 Å². The smallest absolute Gasteiger partial charge is 0.410 e. The van der Waals surface area contributed by atoms with Crippen LogP contribution in [-0.2, 0) is 9.47 Å². The Kier molecular flexibility index (Phi) is 9.47. The van der Waals surface area contributed by atoms with Gasteiger partial charge < -0.3 is 19.1 Å². The molecule has 0 radical (unpaired) electrons. The Bertz CT molecular complexity index is 1690. The van der Waals surface area contributed by atoms with E-state index in [1.54, 1.807) is 17.0 Å².